The van der Waals surface area contributed by atoms with Crippen molar-refractivity contribution < 1.29 is 19.1 Å². The minimum atomic E-state index is 0.0340. The van der Waals surface area contributed by atoms with E-state index in [0.717, 1.165) is 43.4 Å². The lowest BCUT2D eigenvalue weighted by Crippen LogP contribution is -2.56. The van der Waals surface area contributed by atoms with Crippen LogP contribution < -0.4 is 10.1 Å². The predicted octanol–water partition coefficient (Wildman–Crippen LogP) is 2.83. The number of nitrogens with zero attached hydrogens (tertiary/aromatic N) is 2. The zero-order chi connectivity index (χ0) is 21.3. The Morgan fingerprint density at radius 3 is 2.33 bits per heavy atom. The summed E-state index contributed by atoms with van der Waals surface area (Å²) >= 11 is 0. The minimum absolute atomic E-state index is 0.0340. The molecular weight excluding hydrogens is 382 g/mol. The van der Waals surface area contributed by atoms with Gasteiger partial charge in [-0.25, -0.2) is 4.79 Å². The molecule has 2 fully saturated rings. The second-order valence-corrected chi connectivity index (χ2v) is 8.12. The first-order valence-electron chi connectivity index (χ1n) is 11.2. The van der Waals surface area contributed by atoms with Gasteiger partial charge in [0.15, 0.2) is 0 Å². The molecule has 0 aromatic heterocycles. The third-order valence-electron chi connectivity index (χ3n) is 6.07. The van der Waals surface area contributed by atoms with E-state index in [9.17, 15) is 9.59 Å². The molecule has 3 rings (SSSR count). The Morgan fingerprint density at radius 2 is 1.73 bits per heavy atom. The fourth-order valence-corrected chi connectivity index (χ4v) is 4.34. The highest BCUT2D eigenvalue weighted by Gasteiger charge is 2.34. The van der Waals surface area contributed by atoms with E-state index >= 15 is 0 Å². The van der Waals surface area contributed by atoms with Crippen LogP contribution in [0, 0.1) is 0 Å². The second-order valence-electron chi connectivity index (χ2n) is 8.12. The van der Waals surface area contributed by atoms with Crippen LogP contribution in [0.15, 0.2) is 24.3 Å². The number of carbonyl (C=O) groups excluding carboxylic acids is 2. The van der Waals surface area contributed by atoms with E-state index in [4.69, 9.17) is 9.47 Å². The van der Waals surface area contributed by atoms with E-state index in [1.54, 1.807) is 7.11 Å². The standard InChI is InChI=1S/C23H35N3O4/c1-3-12-24-23(28)26(20-10-15-30-16-11-20)19-8-13-25(14-9-19)22(27)17-18-4-6-21(29-2)7-5-18/h4-7,19-20H,3,8-17H2,1-2H3,(H,24,28). The minimum Gasteiger partial charge on any atom is -0.497 e. The van der Waals surface area contributed by atoms with Crippen molar-refractivity contribution in [2.24, 2.45) is 0 Å². The highest BCUT2D eigenvalue weighted by molar-refractivity contribution is 5.79. The van der Waals surface area contributed by atoms with Crippen LogP contribution in [0.5, 0.6) is 5.75 Å². The zero-order valence-corrected chi connectivity index (χ0v) is 18.3. The van der Waals surface area contributed by atoms with Gasteiger partial charge in [0.2, 0.25) is 5.91 Å². The van der Waals surface area contributed by atoms with E-state index < -0.39 is 0 Å². The third-order valence-corrected chi connectivity index (χ3v) is 6.07. The average Bonchev–Trinajstić information content (AvgIpc) is 2.79. The summed E-state index contributed by atoms with van der Waals surface area (Å²) in [6, 6.07) is 8.08. The van der Waals surface area contributed by atoms with Gasteiger partial charge in [0.1, 0.15) is 5.75 Å². The molecule has 0 saturated carbocycles. The van der Waals surface area contributed by atoms with Crippen molar-refractivity contribution in [1.82, 2.24) is 15.1 Å². The normalized spacial score (nSPS) is 18.1. The molecule has 3 amide bonds. The molecular formula is C23H35N3O4. The molecule has 0 atom stereocenters. The maximum Gasteiger partial charge on any atom is 0.317 e. The first-order chi connectivity index (χ1) is 14.6. The van der Waals surface area contributed by atoms with Crippen LogP contribution in [0.2, 0.25) is 0 Å². The van der Waals surface area contributed by atoms with Crippen LogP contribution in [-0.2, 0) is 16.0 Å². The number of piperidine rings is 1. The van der Waals surface area contributed by atoms with Gasteiger partial charge in [0.05, 0.1) is 13.5 Å². The molecule has 2 saturated heterocycles. The number of amides is 3. The molecule has 30 heavy (non-hydrogen) atoms. The Morgan fingerprint density at radius 1 is 1.10 bits per heavy atom. The van der Waals surface area contributed by atoms with Crippen LogP contribution in [-0.4, -0.2) is 73.8 Å². The topological polar surface area (TPSA) is 71.1 Å². The van der Waals surface area contributed by atoms with E-state index in [2.05, 4.69) is 17.1 Å². The van der Waals surface area contributed by atoms with Gasteiger partial charge in [-0.3, -0.25) is 4.79 Å². The van der Waals surface area contributed by atoms with Crippen molar-refractivity contribution >= 4 is 11.9 Å². The molecule has 1 aromatic carbocycles. The monoisotopic (exact) mass is 417 g/mol. The number of nitrogens with one attached hydrogen (secondary N) is 1. The lowest BCUT2D eigenvalue weighted by Gasteiger charge is -2.43. The Balaban J connectivity index is 1.56. The number of hydrogen-bond donors (Lipinski definition) is 1. The van der Waals surface area contributed by atoms with Crippen LogP contribution in [0.25, 0.3) is 0 Å². The third kappa shape index (κ3) is 5.88. The number of rotatable bonds is 7. The molecule has 0 bridgehead atoms. The van der Waals surface area contributed by atoms with Gasteiger partial charge in [-0.15, -0.1) is 0 Å². The maximum atomic E-state index is 12.9. The molecule has 2 aliphatic rings. The number of likely N-dealkylation sites (tertiary alicyclic amines) is 1. The molecule has 0 spiro atoms. The van der Waals surface area contributed by atoms with Crippen LogP contribution in [0.3, 0.4) is 0 Å². The molecule has 0 aliphatic carbocycles. The van der Waals surface area contributed by atoms with Crippen LogP contribution in [0.1, 0.15) is 44.6 Å². The molecule has 7 heteroatoms. The zero-order valence-electron chi connectivity index (χ0n) is 18.3. The maximum absolute atomic E-state index is 12.9. The number of carbonyl (C=O) groups is 2. The molecule has 166 valence electrons. The van der Waals surface area contributed by atoms with E-state index in [1.165, 1.54) is 0 Å². The summed E-state index contributed by atoms with van der Waals surface area (Å²) < 4.78 is 10.7. The fraction of sp³-hybridized carbons (Fsp3) is 0.652. The van der Waals surface area contributed by atoms with Crippen molar-refractivity contribution in [1.29, 1.82) is 0 Å². The molecule has 0 unspecified atom stereocenters. The highest BCUT2D eigenvalue weighted by Crippen LogP contribution is 2.24. The van der Waals surface area contributed by atoms with Crippen molar-refractivity contribution in [3.63, 3.8) is 0 Å². The van der Waals surface area contributed by atoms with Gasteiger partial charge in [-0.2, -0.15) is 0 Å². The summed E-state index contributed by atoms with van der Waals surface area (Å²) in [6.45, 7) is 5.56. The van der Waals surface area contributed by atoms with Crippen molar-refractivity contribution in [2.75, 3.05) is 40.0 Å². The van der Waals surface area contributed by atoms with E-state index in [-0.39, 0.29) is 24.0 Å². The summed E-state index contributed by atoms with van der Waals surface area (Å²) in [5.74, 6) is 0.938. The summed E-state index contributed by atoms with van der Waals surface area (Å²) in [4.78, 5) is 29.6. The van der Waals surface area contributed by atoms with Gasteiger partial charge in [0, 0.05) is 44.9 Å². The number of hydrogen-bond acceptors (Lipinski definition) is 4. The SMILES string of the molecule is CCCNC(=O)N(C1CCOCC1)C1CCN(C(=O)Cc2ccc(OC)cc2)CC1. The Kier molecular flexibility index (Phi) is 8.37. The van der Waals surface area contributed by atoms with Crippen molar-refractivity contribution in [3.8, 4) is 5.75 Å². The smallest absolute Gasteiger partial charge is 0.317 e. The Bertz CT molecular complexity index is 680. The Hall–Kier alpha value is -2.28. The van der Waals surface area contributed by atoms with Gasteiger partial charge >= 0.3 is 6.03 Å². The largest absolute Gasteiger partial charge is 0.497 e. The molecule has 2 aliphatic heterocycles. The molecule has 2 heterocycles. The average molecular weight is 418 g/mol. The first kappa shape index (κ1) is 22.4. The van der Waals surface area contributed by atoms with Gasteiger partial charge < -0.3 is 24.6 Å². The summed E-state index contributed by atoms with van der Waals surface area (Å²) in [5, 5.41) is 3.06. The number of methoxy groups -OCH3 is 1. The summed E-state index contributed by atoms with van der Waals surface area (Å²) in [6.07, 6.45) is 4.74. The quantitative estimate of drug-likeness (QED) is 0.741. The van der Waals surface area contributed by atoms with E-state index in [0.29, 0.717) is 39.3 Å². The fourth-order valence-electron chi connectivity index (χ4n) is 4.34. The Labute approximate surface area is 179 Å². The van der Waals surface area contributed by atoms with Crippen molar-refractivity contribution in [2.45, 2.75) is 57.5 Å². The van der Waals surface area contributed by atoms with Crippen LogP contribution >= 0.6 is 0 Å². The summed E-state index contributed by atoms with van der Waals surface area (Å²) in [7, 11) is 1.64. The highest BCUT2D eigenvalue weighted by atomic mass is 16.5. The molecule has 0 radical (unpaired) electrons. The number of ether oxygens (including phenoxy) is 2. The van der Waals surface area contributed by atoms with Crippen LogP contribution in [0.4, 0.5) is 4.79 Å². The first-order valence-corrected chi connectivity index (χ1v) is 11.2. The molecule has 1 aromatic rings. The van der Waals surface area contributed by atoms with E-state index in [1.807, 2.05) is 29.2 Å². The molecule has 7 nitrogen and oxygen atoms in total. The van der Waals surface area contributed by atoms with Gasteiger partial charge in [0.25, 0.3) is 0 Å². The van der Waals surface area contributed by atoms with Gasteiger partial charge in [-0.1, -0.05) is 19.1 Å². The van der Waals surface area contributed by atoms with Crippen molar-refractivity contribution in [3.05, 3.63) is 29.8 Å². The number of urea groups is 1. The predicted molar refractivity (Wildman–Crippen MR) is 116 cm³/mol. The lowest BCUT2D eigenvalue weighted by atomic mass is 9.98. The lowest BCUT2D eigenvalue weighted by molar-refractivity contribution is -0.132. The summed E-state index contributed by atoms with van der Waals surface area (Å²) in [5.41, 5.74) is 0.991. The molecule has 1 N–H and O–H groups in total. The van der Waals surface area contributed by atoms with Gasteiger partial charge in [-0.05, 0) is 49.8 Å². The second kappa shape index (κ2) is 11.2. The number of benzene rings is 1.